The molecule has 8 heteroatoms. The number of pyridine rings is 1. The molecule has 4 aliphatic rings. The lowest BCUT2D eigenvalue weighted by Gasteiger charge is -2.44. The Morgan fingerprint density at radius 3 is 2.83 bits per heavy atom. The fraction of sp³-hybridized carbons (Fsp3) is 0.536. The third-order valence-corrected chi connectivity index (χ3v) is 8.95. The van der Waals surface area contributed by atoms with Crippen LogP contribution in [-0.4, -0.2) is 81.5 Å². The maximum absolute atomic E-state index is 9.57. The number of aromatic nitrogens is 3. The SMILES string of the molecule is [2H]c1ccc2c(N3C[C@@H]4C[C@H](N5CC(n6ncc7c6CN[C@@H](C)C7)C5)CN4[C@H](C)C3)ccc(C#N)c2n1. The highest BCUT2D eigenvalue weighted by molar-refractivity contribution is 5.95. The summed E-state index contributed by atoms with van der Waals surface area (Å²) >= 11 is 0. The number of piperazine rings is 1. The quantitative estimate of drug-likeness (QED) is 0.614. The van der Waals surface area contributed by atoms with Crippen molar-refractivity contribution in [1.29, 1.82) is 5.26 Å². The molecule has 186 valence electrons. The van der Waals surface area contributed by atoms with Crippen LogP contribution in [0.5, 0.6) is 0 Å². The first-order chi connectivity index (χ1) is 18.0. The van der Waals surface area contributed by atoms with Crippen LogP contribution in [0.3, 0.4) is 0 Å². The molecule has 6 heterocycles. The Bertz CT molecular complexity index is 1390. The number of hydrogen-bond donors (Lipinski definition) is 1. The first-order valence-corrected chi connectivity index (χ1v) is 13.3. The van der Waals surface area contributed by atoms with Crippen LogP contribution in [-0.2, 0) is 13.0 Å². The summed E-state index contributed by atoms with van der Waals surface area (Å²) in [7, 11) is 0. The Kier molecular flexibility index (Phi) is 5.02. The van der Waals surface area contributed by atoms with Crippen LogP contribution in [0.25, 0.3) is 10.9 Å². The fourth-order valence-corrected chi connectivity index (χ4v) is 7.04. The standard InChI is InChI=1S/C28H34N8/c1-18-8-21-11-32-36(27(21)12-31-18)24-15-33(16-24)22-9-23-14-34(13-19(2)35(23)17-22)26-6-5-20(10-29)28-25(26)4-3-7-30-28/h3-7,11,18-19,22-24,31H,8-9,12-17H2,1-2H3/t18-,19+,22-,23-/m0/s1/i7D. The van der Waals surface area contributed by atoms with Gasteiger partial charge < -0.3 is 10.2 Å². The van der Waals surface area contributed by atoms with E-state index in [1.807, 2.05) is 12.1 Å². The molecule has 1 aromatic carbocycles. The van der Waals surface area contributed by atoms with E-state index >= 15 is 0 Å². The van der Waals surface area contributed by atoms with E-state index < -0.39 is 0 Å². The molecule has 0 bridgehead atoms. The van der Waals surface area contributed by atoms with E-state index in [-0.39, 0.29) is 6.17 Å². The minimum atomic E-state index is 0.201. The lowest BCUT2D eigenvalue weighted by Crippen LogP contribution is -2.56. The van der Waals surface area contributed by atoms with Gasteiger partial charge >= 0.3 is 0 Å². The third-order valence-electron chi connectivity index (χ3n) is 8.95. The van der Waals surface area contributed by atoms with Crippen molar-refractivity contribution in [2.75, 3.05) is 37.6 Å². The van der Waals surface area contributed by atoms with Gasteiger partial charge in [-0.3, -0.25) is 19.5 Å². The molecule has 8 nitrogen and oxygen atoms in total. The Labute approximate surface area is 213 Å². The Hall–Kier alpha value is -2.99. The zero-order valence-electron chi connectivity index (χ0n) is 22.1. The van der Waals surface area contributed by atoms with Crippen molar-refractivity contribution >= 4 is 16.6 Å². The monoisotopic (exact) mass is 483 g/mol. The normalized spacial score (nSPS) is 29.5. The first-order valence-electron chi connectivity index (χ1n) is 13.8. The number of nitriles is 1. The number of likely N-dealkylation sites (tertiary alicyclic amines) is 1. The van der Waals surface area contributed by atoms with Crippen molar-refractivity contribution in [2.24, 2.45) is 0 Å². The predicted octanol–water partition coefficient (Wildman–Crippen LogP) is 2.55. The molecular formula is C28H34N8. The largest absolute Gasteiger partial charge is 0.368 e. The van der Waals surface area contributed by atoms with Crippen LogP contribution < -0.4 is 10.2 Å². The highest BCUT2D eigenvalue weighted by atomic mass is 15.4. The smallest absolute Gasteiger partial charge is 0.101 e. The van der Waals surface area contributed by atoms with Gasteiger partial charge in [0, 0.05) is 80.7 Å². The Morgan fingerprint density at radius 1 is 1.08 bits per heavy atom. The van der Waals surface area contributed by atoms with Crippen molar-refractivity contribution in [2.45, 2.75) is 63.4 Å². The van der Waals surface area contributed by atoms with E-state index in [1.165, 1.54) is 17.7 Å². The van der Waals surface area contributed by atoms with E-state index in [4.69, 9.17) is 6.47 Å². The summed E-state index contributed by atoms with van der Waals surface area (Å²) in [6, 6.07) is 12.5. The second-order valence-corrected chi connectivity index (χ2v) is 11.2. The molecule has 3 aromatic rings. The zero-order valence-corrected chi connectivity index (χ0v) is 21.1. The van der Waals surface area contributed by atoms with Crippen molar-refractivity contribution in [1.82, 2.24) is 29.9 Å². The molecule has 4 aliphatic heterocycles. The summed E-state index contributed by atoms with van der Waals surface area (Å²) in [6.45, 7) is 10.8. The molecule has 0 aliphatic carbocycles. The molecule has 3 saturated heterocycles. The molecule has 36 heavy (non-hydrogen) atoms. The van der Waals surface area contributed by atoms with Gasteiger partial charge in [-0.15, -0.1) is 0 Å². The average Bonchev–Trinajstić information content (AvgIpc) is 3.47. The maximum Gasteiger partial charge on any atom is 0.101 e. The molecule has 0 amide bonds. The molecule has 0 saturated carbocycles. The van der Waals surface area contributed by atoms with Gasteiger partial charge in [0.1, 0.15) is 6.07 Å². The molecule has 7 rings (SSSR count). The molecule has 0 unspecified atom stereocenters. The number of benzene rings is 1. The van der Waals surface area contributed by atoms with Gasteiger partial charge in [0.25, 0.3) is 0 Å². The van der Waals surface area contributed by atoms with Gasteiger partial charge in [-0.25, -0.2) is 0 Å². The van der Waals surface area contributed by atoms with Crippen molar-refractivity contribution in [3.05, 3.63) is 53.5 Å². The highest BCUT2D eigenvalue weighted by Crippen LogP contribution is 2.37. The highest BCUT2D eigenvalue weighted by Gasteiger charge is 2.45. The molecule has 2 aromatic heterocycles. The summed E-state index contributed by atoms with van der Waals surface area (Å²) < 4.78 is 10.2. The molecule has 3 fully saturated rings. The second-order valence-electron chi connectivity index (χ2n) is 11.2. The minimum absolute atomic E-state index is 0.201. The van der Waals surface area contributed by atoms with Gasteiger partial charge in [-0.2, -0.15) is 10.4 Å². The van der Waals surface area contributed by atoms with Crippen molar-refractivity contribution < 1.29 is 1.37 Å². The van der Waals surface area contributed by atoms with Gasteiger partial charge in [0.05, 0.1) is 30.4 Å². The predicted molar refractivity (Wildman–Crippen MR) is 140 cm³/mol. The summed E-state index contributed by atoms with van der Waals surface area (Å²) in [5.74, 6) is 0. The second kappa shape index (κ2) is 8.55. The molecule has 0 radical (unpaired) electrons. The van der Waals surface area contributed by atoms with Crippen LogP contribution >= 0.6 is 0 Å². The van der Waals surface area contributed by atoms with Crippen LogP contribution in [0, 0.1) is 11.3 Å². The lowest BCUT2D eigenvalue weighted by molar-refractivity contribution is 0.0519. The summed E-state index contributed by atoms with van der Waals surface area (Å²) in [5, 5.41) is 18.9. The van der Waals surface area contributed by atoms with Gasteiger partial charge in [0.15, 0.2) is 0 Å². The molecule has 1 N–H and O–H groups in total. The first kappa shape index (κ1) is 21.1. The van der Waals surface area contributed by atoms with E-state index in [0.717, 1.165) is 56.8 Å². The fourth-order valence-electron chi connectivity index (χ4n) is 7.04. The summed E-state index contributed by atoms with van der Waals surface area (Å²) in [4.78, 5) is 12.2. The third kappa shape index (κ3) is 3.52. The van der Waals surface area contributed by atoms with E-state index in [9.17, 15) is 5.26 Å². The van der Waals surface area contributed by atoms with E-state index in [2.05, 4.69) is 61.9 Å². The lowest BCUT2D eigenvalue weighted by atomic mass is 10.00. The molecule has 0 spiro atoms. The number of hydrogen-bond acceptors (Lipinski definition) is 7. The average molecular weight is 484 g/mol. The number of rotatable bonds is 3. The van der Waals surface area contributed by atoms with Gasteiger partial charge in [-0.1, -0.05) is 0 Å². The summed E-state index contributed by atoms with van der Waals surface area (Å²) in [5.41, 5.74) is 5.12. The number of anilines is 1. The zero-order chi connectivity index (χ0) is 25.3. The Balaban J connectivity index is 1.05. The van der Waals surface area contributed by atoms with E-state index in [0.29, 0.717) is 41.3 Å². The van der Waals surface area contributed by atoms with Crippen LogP contribution in [0.15, 0.2) is 36.6 Å². The number of nitrogens with zero attached hydrogens (tertiary/aromatic N) is 7. The molecular weight excluding hydrogens is 448 g/mol. The van der Waals surface area contributed by atoms with E-state index in [1.54, 1.807) is 6.07 Å². The Morgan fingerprint density at radius 2 is 1.97 bits per heavy atom. The van der Waals surface area contributed by atoms with Crippen LogP contribution in [0.4, 0.5) is 5.69 Å². The number of nitrogens with one attached hydrogen (secondary N) is 1. The number of fused-ring (bicyclic) bond motifs is 3. The van der Waals surface area contributed by atoms with Gasteiger partial charge in [-0.05, 0) is 56.5 Å². The topological polar surface area (TPSA) is 76.2 Å². The minimum Gasteiger partial charge on any atom is -0.368 e. The van der Waals surface area contributed by atoms with Crippen LogP contribution in [0.1, 0.15) is 44.5 Å². The molecule has 4 atom stereocenters. The van der Waals surface area contributed by atoms with Crippen molar-refractivity contribution in [3.8, 4) is 6.07 Å². The van der Waals surface area contributed by atoms with Crippen molar-refractivity contribution in [3.63, 3.8) is 0 Å². The summed E-state index contributed by atoms with van der Waals surface area (Å²) in [6.07, 6.45) is 4.56. The maximum atomic E-state index is 9.57. The van der Waals surface area contributed by atoms with Gasteiger partial charge in [0.2, 0.25) is 0 Å². The van der Waals surface area contributed by atoms with Crippen LogP contribution in [0.2, 0.25) is 0 Å².